The lowest BCUT2D eigenvalue weighted by molar-refractivity contribution is 0.556. The summed E-state index contributed by atoms with van der Waals surface area (Å²) in [5, 5.41) is 4.11. The van der Waals surface area contributed by atoms with Crippen molar-refractivity contribution in [1.82, 2.24) is 5.32 Å². The molecule has 1 aromatic heterocycles. The summed E-state index contributed by atoms with van der Waals surface area (Å²) in [6.07, 6.45) is 4.50. The van der Waals surface area contributed by atoms with Crippen LogP contribution in [0.15, 0.2) is 52.2 Å². The number of nitrogens with one attached hydrogen (secondary N) is 1. The molecule has 2 rings (SSSR count). The fraction of sp³-hybridized carbons (Fsp3) is 0.286. The third-order valence-corrected chi connectivity index (χ3v) is 4.16. The number of thioether (sulfide) groups is 1. The Morgan fingerprint density at radius 2 is 2.06 bits per heavy atom. The van der Waals surface area contributed by atoms with Crippen molar-refractivity contribution in [3.8, 4) is 0 Å². The number of hydrogen-bond donors (Lipinski definition) is 1. The number of benzene rings is 1. The Hall–Kier alpha value is -0.900. The Kier molecular flexibility index (Phi) is 5.17. The van der Waals surface area contributed by atoms with Crippen molar-refractivity contribution < 1.29 is 4.42 Å². The molecule has 0 saturated carbocycles. The van der Waals surface area contributed by atoms with Gasteiger partial charge in [0.2, 0.25) is 0 Å². The van der Waals surface area contributed by atoms with Gasteiger partial charge in [-0.25, -0.2) is 0 Å². The first kappa shape index (κ1) is 13.5. The zero-order chi connectivity index (χ0) is 12.8. The second kappa shape index (κ2) is 6.88. The summed E-state index contributed by atoms with van der Waals surface area (Å²) in [4.78, 5) is 1.24. The smallest absolute Gasteiger partial charge is 0.0935 e. The molecule has 1 heterocycles. The molecule has 0 spiro atoms. The topological polar surface area (TPSA) is 25.2 Å². The molecule has 18 heavy (non-hydrogen) atoms. The van der Waals surface area contributed by atoms with Crippen LogP contribution in [0.25, 0.3) is 0 Å². The van der Waals surface area contributed by atoms with E-state index in [1.807, 2.05) is 37.0 Å². The highest BCUT2D eigenvalue weighted by molar-refractivity contribution is 7.99. The van der Waals surface area contributed by atoms with Crippen LogP contribution in [0, 0.1) is 0 Å². The first-order valence-electron chi connectivity index (χ1n) is 5.84. The van der Waals surface area contributed by atoms with Crippen LogP contribution in [-0.2, 0) is 6.42 Å². The average Bonchev–Trinajstić information content (AvgIpc) is 2.89. The first-order chi connectivity index (χ1) is 8.78. The number of furan rings is 1. The van der Waals surface area contributed by atoms with E-state index < -0.39 is 0 Å². The van der Waals surface area contributed by atoms with Gasteiger partial charge in [-0.05, 0) is 49.4 Å². The fourth-order valence-electron chi connectivity index (χ4n) is 1.67. The summed E-state index contributed by atoms with van der Waals surface area (Å²) in [5.41, 5.74) is 1.23. The van der Waals surface area contributed by atoms with Crippen LogP contribution >= 0.6 is 23.4 Å². The Morgan fingerprint density at radius 1 is 1.28 bits per heavy atom. The zero-order valence-corrected chi connectivity index (χ0v) is 11.8. The molecule has 1 N–H and O–H groups in total. The highest BCUT2D eigenvalue weighted by Gasteiger charge is 2.08. The second-order valence-corrected chi connectivity index (χ2v) is 5.62. The highest BCUT2D eigenvalue weighted by Crippen LogP contribution is 2.21. The van der Waals surface area contributed by atoms with Crippen molar-refractivity contribution in [1.29, 1.82) is 0 Å². The summed E-state index contributed by atoms with van der Waals surface area (Å²) < 4.78 is 5.09. The van der Waals surface area contributed by atoms with E-state index in [1.165, 1.54) is 10.5 Å². The minimum Gasteiger partial charge on any atom is -0.472 e. The third-order valence-electron chi connectivity index (χ3n) is 2.74. The van der Waals surface area contributed by atoms with E-state index in [9.17, 15) is 0 Å². The second-order valence-electron chi connectivity index (χ2n) is 4.09. The molecule has 0 aliphatic heterocycles. The fourth-order valence-corrected chi connectivity index (χ4v) is 2.80. The lowest BCUT2D eigenvalue weighted by Gasteiger charge is -2.14. The van der Waals surface area contributed by atoms with E-state index in [1.54, 1.807) is 12.5 Å². The minimum absolute atomic E-state index is 0.434. The van der Waals surface area contributed by atoms with E-state index in [-0.39, 0.29) is 0 Å². The molecule has 1 atom stereocenters. The van der Waals surface area contributed by atoms with E-state index in [0.717, 1.165) is 17.2 Å². The average molecular weight is 282 g/mol. The van der Waals surface area contributed by atoms with Crippen LogP contribution < -0.4 is 5.32 Å². The van der Waals surface area contributed by atoms with Gasteiger partial charge in [0, 0.05) is 21.7 Å². The van der Waals surface area contributed by atoms with Crippen molar-refractivity contribution in [3.63, 3.8) is 0 Å². The largest absolute Gasteiger partial charge is 0.472 e. The molecule has 0 aliphatic rings. The van der Waals surface area contributed by atoms with Crippen LogP contribution in [-0.4, -0.2) is 18.8 Å². The summed E-state index contributed by atoms with van der Waals surface area (Å²) in [6.45, 7) is 0. The van der Waals surface area contributed by atoms with Crippen LogP contribution in [0.5, 0.6) is 0 Å². The number of halogens is 1. The van der Waals surface area contributed by atoms with Gasteiger partial charge in [0.1, 0.15) is 0 Å². The predicted molar refractivity (Wildman–Crippen MR) is 77.4 cm³/mol. The molecular weight excluding hydrogens is 266 g/mol. The quantitative estimate of drug-likeness (QED) is 0.814. The molecule has 2 nitrogen and oxygen atoms in total. The third kappa shape index (κ3) is 4.09. The molecular formula is C14H16ClNOS. The Morgan fingerprint density at radius 3 is 2.67 bits per heavy atom. The van der Waals surface area contributed by atoms with Crippen molar-refractivity contribution in [3.05, 3.63) is 53.4 Å². The van der Waals surface area contributed by atoms with Gasteiger partial charge in [0.15, 0.2) is 0 Å². The molecule has 1 unspecified atom stereocenters. The maximum absolute atomic E-state index is 5.86. The summed E-state index contributed by atoms with van der Waals surface area (Å²) >= 11 is 7.70. The number of rotatable bonds is 6. The van der Waals surface area contributed by atoms with Crippen LogP contribution in [0.1, 0.15) is 5.56 Å². The normalized spacial score (nSPS) is 12.6. The van der Waals surface area contributed by atoms with Crippen LogP contribution in [0.4, 0.5) is 0 Å². The summed E-state index contributed by atoms with van der Waals surface area (Å²) in [6, 6.07) is 10.4. The zero-order valence-electron chi connectivity index (χ0n) is 10.2. The van der Waals surface area contributed by atoms with Gasteiger partial charge in [-0.1, -0.05) is 11.6 Å². The minimum atomic E-state index is 0.434. The molecule has 96 valence electrons. The maximum Gasteiger partial charge on any atom is 0.0935 e. The Bertz CT molecular complexity index is 455. The Balaban J connectivity index is 1.85. The van der Waals surface area contributed by atoms with Crippen molar-refractivity contribution >= 4 is 23.4 Å². The molecule has 0 aliphatic carbocycles. The number of likely N-dealkylation sites (N-methyl/N-ethyl adjacent to an activating group) is 1. The summed E-state index contributed by atoms with van der Waals surface area (Å²) in [5.74, 6) is 1.02. The Labute approximate surface area is 117 Å². The van der Waals surface area contributed by atoms with Gasteiger partial charge in [0.05, 0.1) is 12.5 Å². The van der Waals surface area contributed by atoms with E-state index in [4.69, 9.17) is 16.0 Å². The molecule has 4 heteroatoms. The van der Waals surface area contributed by atoms with Crippen molar-refractivity contribution in [2.45, 2.75) is 17.4 Å². The molecule has 0 radical (unpaired) electrons. The lowest BCUT2D eigenvalue weighted by atomic mass is 10.1. The van der Waals surface area contributed by atoms with Crippen molar-refractivity contribution in [2.24, 2.45) is 0 Å². The van der Waals surface area contributed by atoms with Gasteiger partial charge in [-0.3, -0.25) is 0 Å². The molecule has 2 aromatic rings. The van der Waals surface area contributed by atoms with Crippen molar-refractivity contribution in [2.75, 3.05) is 12.8 Å². The first-order valence-corrected chi connectivity index (χ1v) is 7.21. The SMILES string of the molecule is CNC(CSc1ccc(Cl)cc1)Cc1ccoc1. The van der Waals surface area contributed by atoms with Gasteiger partial charge in [-0.2, -0.15) is 0 Å². The highest BCUT2D eigenvalue weighted by atomic mass is 35.5. The van der Waals surface area contributed by atoms with Crippen LogP contribution in [0.3, 0.4) is 0 Å². The lowest BCUT2D eigenvalue weighted by Crippen LogP contribution is -2.29. The standard InChI is InChI=1S/C14H16ClNOS/c1-16-13(8-11-6-7-17-9-11)10-18-14-4-2-12(15)3-5-14/h2-7,9,13,16H,8,10H2,1H3. The van der Waals surface area contributed by atoms with Crippen LogP contribution in [0.2, 0.25) is 5.02 Å². The number of hydrogen-bond acceptors (Lipinski definition) is 3. The molecule has 1 aromatic carbocycles. The predicted octanol–water partition coefficient (Wildman–Crippen LogP) is 3.86. The van der Waals surface area contributed by atoms with E-state index >= 15 is 0 Å². The van der Waals surface area contributed by atoms with E-state index in [0.29, 0.717) is 6.04 Å². The molecule has 0 saturated heterocycles. The molecule has 0 fully saturated rings. The van der Waals surface area contributed by atoms with Gasteiger partial charge in [-0.15, -0.1) is 11.8 Å². The molecule has 0 bridgehead atoms. The molecule has 0 amide bonds. The van der Waals surface area contributed by atoms with Gasteiger partial charge >= 0.3 is 0 Å². The monoisotopic (exact) mass is 281 g/mol. The van der Waals surface area contributed by atoms with E-state index in [2.05, 4.69) is 17.4 Å². The summed E-state index contributed by atoms with van der Waals surface area (Å²) in [7, 11) is 1.99. The van der Waals surface area contributed by atoms with Gasteiger partial charge in [0.25, 0.3) is 0 Å². The maximum atomic E-state index is 5.86. The van der Waals surface area contributed by atoms with Gasteiger partial charge < -0.3 is 9.73 Å².